The van der Waals surface area contributed by atoms with Gasteiger partial charge in [0.1, 0.15) is 5.67 Å². The number of rotatable bonds is 5. The Balaban J connectivity index is 2.82. The van der Waals surface area contributed by atoms with Gasteiger partial charge in [-0.3, -0.25) is 0 Å². The number of allylic oxidation sites excluding steroid dienone is 1. The second kappa shape index (κ2) is 4.48. The highest BCUT2D eigenvalue weighted by molar-refractivity contribution is 5.26. The lowest BCUT2D eigenvalue weighted by atomic mass is 9.78. The van der Waals surface area contributed by atoms with Gasteiger partial charge in [-0.15, -0.1) is 0 Å². The first-order valence-electron chi connectivity index (χ1n) is 5.63. The van der Waals surface area contributed by atoms with Gasteiger partial charge < -0.3 is 5.11 Å². The van der Waals surface area contributed by atoms with Crippen molar-refractivity contribution < 1.29 is 9.50 Å². The Morgan fingerprint density at radius 2 is 2.27 bits per heavy atom. The van der Waals surface area contributed by atoms with Gasteiger partial charge in [0.05, 0.1) is 6.61 Å². The van der Waals surface area contributed by atoms with Crippen LogP contribution in [0.15, 0.2) is 24.8 Å². The highest BCUT2D eigenvalue weighted by atomic mass is 19.1. The first-order valence-corrected chi connectivity index (χ1v) is 5.63. The number of aliphatic hydroxyl groups is 1. The van der Waals surface area contributed by atoms with E-state index in [9.17, 15) is 9.50 Å². The van der Waals surface area contributed by atoms with Crippen molar-refractivity contribution in [2.24, 2.45) is 5.41 Å². The van der Waals surface area contributed by atoms with Crippen LogP contribution in [0.25, 0.3) is 0 Å². The fourth-order valence-electron chi connectivity index (χ4n) is 2.46. The molecule has 0 spiro atoms. The third-order valence-corrected chi connectivity index (χ3v) is 3.57. The van der Waals surface area contributed by atoms with Crippen LogP contribution in [-0.4, -0.2) is 17.4 Å². The molecule has 15 heavy (non-hydrogen) atoms. The average Bonchev–Trinajstić information content (AvgIpc) is 2.49. The minimum absolute atomic E-state index is 0.00530. The van der Waals surface area contributed by atoms with Crippen LogP contribution in [0.4, 0.5) is 4.39 Å². The van der Waals surface area contributed by atoms with E-state index in [1.165, 1.54) is 6.08 Å². The van der Waals surface area contributed by atoms with Crippen LogP contribution in [0.3, 0.4) is 0 Å². The number of unbranched alkanes of at least 4 members (excludes halogenated alkanes) is 1. The quantitative estimate of drug-likeness (QED) is 0.692. The summed E-state index contributed by atoms with van der Waals surface area (Å²) in [4.78, 5) is 0. The molecule has 0 amide bonds. The molecule has 1 nitrogen and oxygen atoms in total. The van der Waals surface area contributed by atoms with Crippen molar-refractivity contribution in [3.05, 3.63) is 24.8 Å². The molecule has 0 heterocycles. The molecule has 86 valence electrons. The van der Waals surface area contributed by atoms with Gasteiger partial charge in [-0.05, 0) is 12.8 Å². The predicted octanol–water partition coefficient (Wildman–Crippen LogP) is 3.40. The van der Waals surface area contributed by atoms with Gasteiger partial charge in [0.15, 0.2) is 0 Å². The molecule has 2 atom stereocenters. The van der Waals surface area contributed by atoms with Crippen LogP contribution in [-0.2, 0) is 0 Å². The van der Waals surface area contributed by atoms with E-state index >= 15 is 0 Å². The molecule has 1 aliphatic carbocycles. The highest BCUT2D eigenvalue weighted by Crippen LogP contribution is 2.52. The van der Waals surface area contributed by atoms with Crippen molar-refractivity contribution in [2.45, 2.75) is 44.7 Å². The Hall–Kier alpha value is -0.630. The number of hydrogen-bond acceptors (Lipinski definition) is 1. The highest BCUT2D eigenvalue weighted by Gasteiger charge is 2.48. The van der Waals surface area contributed by atoms with E-state index in [0.29, 0.717) is 12.8 Å². The van der Waals surface area contributed by atoms with E-state index in [1.54, 1.807) is 0 Å². The predicted molar refractivity (Wildman–Crippen MR) is 61.5 cm³/mol. The maximum absolute atomic E-state index is 14.1. The molecule has 2 heteroatoms. The molecule has 1 rings (SSSR count). The molecule has 0 aromatic heterocycles. The summed E-state index contributed by atoms with van der Waals surface area (Å²) in [6, 6.07) is 0. The van der Waals surface area contributed by atoms with Gasteiger partial charge in [0.25, 0.3) is 0 Å². The number of halogens is 1. The minimum Gasteiger partial charge on any atom is -0.395 e. The minimum atomic E-state index is -1.35. The molecular weight excluding hydrogens is 191 g/mol. The van der Waals surface area contributed by atoms with Crippen molar-refractivity contribution in [1.82, 2.24) is 0 Å². The van der Waals surface area contributed by atoms with E-state index < -0.39 is 11.1 Å². The van der Waals surface area contributed by atoms with Crippen molar-refractivity contribution in [2.75, 3.05) is 6.61 Å². The van der Waals surface area contributed by atoms with Crippen molar-refractivity contribution in [3.63, 3.8) is 0 Å². The summed E-state index contributed by atoms with van der Waals surface area (Å²) in [5, 5.41) is 9.48. The maximum Gasteiger partial charge on any atom is 0.133 e. The second-order valence-electron chi connectivity index (χ2n) is 4.74. The Morgan fingerprint density at radius 3 is 2.67 bits per heavy atom. The monoisotopic (exact) mass is 212 g/mol. The molecule has 0 unspecified atom stereocenters. The maximum atomic E-state index is 14.1. The van der Waals surface area contributed by atoms with Crippen LogP contribution in [0.2, 0.25) is 0 Å². The third kappa shape index (κ3) is 2.31. The SMILES string of the molecule is C=C[C@@]1(F)CC(=C)[C@](CO)(CCCC)C1. The molecule has 0 aromatic carbocycles. The fraction of sp³-hybridized carbons (Fsp3) is 0.692. The van der Waals surface area contributed by atoms with E-state index in [2.05, 4.69) is 20.1 Å². The standard InChI is InChI=1S/C13H21FO/c1-4-6-7-12(10-15)9-13(14,5-2)8-11(12)3/h5,15H,2-4,6-10H2,1H3/t12-,13-/m1/s1. The molecule has 0 saturated heterocycles. The van der Waals surface area contributed by atoms with E-state index in [1.807, 2.05) is 0 Å². The molecule has 1 saturated carbocycles. The zero-order valence-corrected chi connectivity index (χ0v) is 9.56. The molecular formula is C13H21FO. The number of alkyl halides is 1. The van der Waals surface area contributed by atoms with Crippen molar-refractivity contribution in [1.29, 1.82) is 0 Å². The van der Waals surface area contributed by atoms with Gasteiger partial charge in [-0.1, -0.05) is 44.6 Å². The molecule has 1 fully saturated rings. The summed E-state index contributed by atoms with van der Waals surface area (Å²) in [5.41, 5.74) is -0.909. The normalized spacial score (nSPS) is 35.8. The van der Waals surface area contributed by atoms with Crippen LogP contribution < -0.4 is 0 Å². The Kier molecular flexibility index (Phi) is 3.72. The smallest absolute Gasteiger partial charge is 0.133 e. The zero-order valence-electron chi connectivity index (χ0n) is 9.56. The van der Waals surface area contributed by atoms with Crippen molar-refractivity contribution in [3.8, 4) is 0 Å². The number of aliphatic hydroxyl groups excluding tert-OH is 1. The third-order valence-electron chi connectivity index (χ3n) is 3.57. The van der Waals surface area contributed by atoms with E-state index in [4.69, 9.17) is 0 Å². The topological polar surface area (TPSA) is 20.2 Å². The lowest BCUT2D eigenvalue weighted by molar-refractivity contribution is 0.118. The summed E-state index contributed by atoms with van der Waals surface area (Å²) < 4.78 is 14.1. The second-order valence-corrected chi connectivity index (χ2v) is 4.74. The summed E-state index contributed by atoms with van der Waals surface area (Å²) in [6.07, 6.45) is 4.93. The van der Waals surface area contributed by atoms with Gasteiger partial charge in [-0.25, -0.2) is 4.39 Å². The van der Waals surface area contributed by atoms with Crippen LogP contribution in [0.5, 0.6) is 0 Å². The van der Waals surface area contributed by atoms with Gasteiger partial charge >= 0.3 is 0 Å². The molecule has 0 radical (unpaired) electrons. The average molecular weight is 212 g/mol. The molecule has 0 bridgehead atoms. The zero-order chi connectivity index (χ0) is 11.5. The van der Waals surface area contributed by atoms with Gasteiger partial charge in [-0.2, -0.15) is 0 Å². The fourth-order valence-corrected chi connectivity index (χ4v) is 2.46. The molecule has 1 N–H and O–H groups in total. The summed E-state index contributed by atoms with van der Waals surface area (Å²) >= 11 is 0. The van der Waals surface area contributed by atoms with E-state index in [-0.39, 0.29) is 6.61 Å². The molecule has 1 aliphatic rings. The largest absolute Gasteiger partial charge is 0.395 e. The Bertz CT molecular complexity index is 261. The Labute approximate surface area is 91.7 Å². The summed E-state index contributed by atoms with van der Waals surface area (Å²) in [5.74, 6) is 0. The van der Waals surface area contributed by atoms with Crippen LogP contribution >= 0.6 is 0 Å². The molecule has 0 aliphatic heterocycles. The number of hydrogen-bond donors (Lipinski definition) is 1. The summed E-state index contributed by atoms with van der Waals surface area (Å²) in [6.45, 7) is 9.56. The van der Waals surface area contributed by atoms with Crippen molar-refractivity contribution >= 4 is 0 Å². The van der Waals surface area contributed by atoms with Crippen LogP contribution in [0.1, 0.15) is 39.0 Å². The van der Waals surface area contributed by atoms with E-state index in [0.717, 1.165) is 24.8 Å². The first kappa shape index (κ1) is 12.4. The lowest BCUT2D eigenvalue weighted by Crippen LogP contribution is -2.26. The Morgan fingerprint density at radius 1 is 1.60 bits per heavy atom. The summed E-state index contributed by atoms with van der Waals surface area (Å²) in [7, 11) is 0. The molecule has 0 aromatic rings. The van der Waals surface area contributed by atoms with Gasteiger partial charge in [0.2, 0.25) is 0 Å². The van der Waals surface area contributed by atoms with Crippen LogP contribution in [0, 0.1) is 5.41 Å². The first-order chi connectivity index (χ1) is 7.02. The van der Waals surface area contributed by atoms with Gasteiger partial charge in [0, 0.05) is 11.8 Å². The lowest BCUT2D eigenvalue weighted by Gasteiger charge is -2.28.